The zero-order valence-corrected chi connectivity index (χ0v) is 19.0. The standard InChI is InChI=1S/C26H22ClNO5/c1-30-23-9-3-16(11-24(23)31-2)12-28-13-20-22(33-15-28)10-8-19-25(29)21(14-32-26(19)20)17-4-6-18(27)7-5-17/h3-11,14H,12-13,15H2,1-2H3. The average molecular weight is 464 g/mol. The molecule has 168 valence electrons. The van der Waals surface area contributed by atoms with Gasteiger partial charge in [0.15, 0.2) is 11.5 Å². The third kappa shape index (κ3) is 4.03. The molecule has 0 radical (unpaired) electrons. The van der Waals surface area contributed by atoms with Crippen LogP contribution in [0.25, 0.3) is 22.1 Å². The molecule has 6 nitrogen and oxygen atoms in total. The number of halogens is 1. The van der Waals surface area contributed by atoms with E-state index in [0.29, 0.717) is 52.9 Å². The van der Waals surface area contributed by atoms with E-state index in [1.165, 1.54) is 6.26 Å². The smallest absolute Gasteiger partial charge is 0.200 e. The van der Waals surface area contributed by atoms with E-state index in [1.807, 2.05) is 36.4 Å². The maximum absolute atomic E-state index is 13.2. The van der Waals surface area contributed by atoms with Crippen LogP contribution in [0.2, 0.25) is 5.02 Å². The van der Waals surface area contributed by atoms with Gasteiger partial charge in [-0.2, -0.15) is 0 Å². The summed E-state index contributed by atoms with van der Waals surface area (Å²) in [6, 6.07) is 16.6. The Morgan fingerprint density at radius 1 is 1.00 bits per heavy atom. The van der Waals surface area contributed by atoms with E-state index in [1.54, 1.807) is 32.4 Å². The summed E-state index contributed by atoms with van der Waals surface area (Å²) in [5.74, 6) is 2.10. The lowest BCUT2D eigenvalue weighted by Crippen LogP contribution is -2.31. The molecule has 3 aromatic carbocycles. The summed E-state index contributed by atoms with van der Waals surface area (Å²) in [5, 5.41) is 1.14. The molecule has 33 heavy (non-hydrogen) atoms. The lowest BCUT2D eigenvalue weighted by molar-refractivity contribution is 0.0889. The zero-order valence-electron chi connectivity index (χ0n) is 18.3. The molecular weight excluding hydrogens is 442 g/mol. The minimum atomic E-state index is -0.0848. The molecule has 0 bridgehead atoms. The van der Waals surface area contributed by atoms with Crippen molar-refractivity contribution in [3.8, 4) is 28.4 Å². The number of ether oxygens (including phenoxy) is 3. The van der Waals surface area contributed by atoms with E-state index in [4.69, 9.17) is 30.2 Å². The van der Waals surface area contributed by atoms with E-state index >= 15 is 0 Å². The predicted octanol–water partition coefficient (Wildman–Crippen LogP) is 5.48. The normalized spacial score (nSPS) is 13.4. The van der Waals surface area contributed by atoms with Gasteiger partial charge >= 0.3 is 0 Å². The van der Waals surface area contributed by atoms with Gasteiger partial charge < -0.3 is 18.6 Å². The molecule has 1 aliphatic rings. The van der Waals surface area contributed by atoms with E-state index in [0.717, 1.165) is 22.4 Å². The van der Waals surface area contributed by atoms with Crippen molar-refractivity contribution in [1.29, 1.82) is 0 Å². The molecule has 0 atom stereocenters. The van der Waals surface area contributed by atoms with Crippen LogP contribution in [-0.4, -0.2) is 25.9 Å². The van der Waals surface area contributed by atoms with Crippen LogP contribution in [0.1, 0.15) is 11.1 Å². The van der Waals surface area contributed by atoms with Crippen molar-refractivity contribution in [3.63, 3.8) is 0 Å². The van der Waals surface area contributed by atoms with Crippen LogP contribution in [0.15, 0.2) is 70.1 Å². The highest BCUT2D eigenvalue weighted by Gasteiger charge is 2.23. The van der Waals surface area contributed by atoms with E-state index < -0.39 is 0 Å². The van der Waals surface area contributed by atoms with Crippen LogP contribution in [0.5, 0.6) is 17.2 Å². The number of hydrogen-bond acceptors (Lipinski definition) is 6. The maximum atomic E-state index is 13.2. The Morgan fingerprint density at radius 2 is 1.79 bits per heavy atom. The van der Waals surface area contributed by atoms with Gasteiger partial charge in [-0.1, -0.05) is 29.8 Å². The summed E-state index contributed by atoms with van der Waals surface area (Å²) in [6.45, 7) is 1.66. The molecule has 0 amide bonds. The minimum Gasteiger partial charge on any atom is -0.493 e. The van der Waals surface area contributed by atoms with Crippen LogP contribution in [0, 0.1) is 0 Å². The second-order valence-electron chi connectivity index (χ2n) is 7.85. The Morgan fingerprint density at radius 3 is 2.55 bits per heavy atom. The Kier molecular flexibility index (Phi) is 5.70. The molecule has 1 aliphatic heterocycles. The van der Waals surface area contributed by atoms with Crippen LogP contribution in [0.3, 0.4) is 0 Å². The van der Waals surface area contributed by atoms with Gasteiger partial charge in [-0.3, -0.25) is 9.69 Å². The third-order valence-electron chi connectivity index (χ3n) is 5.80. The number of fused-ring (bicyclic) bond motifs is 3. The molecule has 0 N–H and O–H groups in total. The highest BCUT2D eigenvalue weighted by molar-refractivity contribution is 6.30. The van der Waals surface area contributed by atoms with Gasteiger partial charge in [0.2, 0.25) is 5.43 Å². The van der Waals surface area contributed by atoms with Crippen LogP contribution in [-0.2, 0) is 13.1 Å². The number of methoxy groups -OCH3 is 2. The predicted molar refractivity (Wildman–Crippen MR) is 127 cm³/mol. The quantitative estimate of drug-likeness (QED) is 0.390. The molecule has 0 saturated carbocycles. The first-order valence-electron chi connectivity index (χ1n) is 10.5. The topological polar surface area (TPSA) is 61.1 Å². The number of rotatable bonds is 5. The summed E-state index contributed by atoms with van der Waals surface area (Å²) < 4.78 is 22.7. The molecule has 0 saturated heterocycles. The summed E-state index contributed by atoms with van der Waals surface area (Å²) >= 11 is 5.98. The van der Waals surface area contributed by atoms with Gasteiger partial charge in [0.25, 0.3) is 0 Å². The van der Waals surface area contributed by atoms with E-state index in [2.05, 4.69) is 4.90 Å². The summed E-state index contributed by atoms with van der Waals surface area (Å²) in [7, 11) is 3.23. The fraction of sp³-hybridized carbons (Fsp3) is 0.192. The molecule has 2 heterocycles. The van der Waals surface area contributed by atoms with Crippen LogP contribution >= 0.6 is 11.6 Å². The first kappa shape index (κ1) is 21.4. The molecule has 7 heteroatoms. The molecule has 4 aromatic rings. The molecule has 0 aliphatic carbocycles. The molecule has 0 fully saturated rings. The largest absolute Gasteiger partial charge is 0.493 e. The maximum Gasteiger partial charge on any atom is 0.200 e. The van der Waals surface area contributed by atoms with Gasteiger partial charge in [0, 0.05) is 18.1 Å². The Balaban J connectivity index is 1.47. The van der Waals surface area contributed by atoms with E-state index in [-0.39, 0.29) is 5.43 Å². The van der Waals surface area contributed by atoms with Gasteiger partial charge in [-0.25, -0.2) is 0 Å². The lowest BCUT2D eigenvalue weighted by Gasteiger charge is -2.29. The van der Waals surface area contributed by atoms with Crippen molar-refractivity contribution in [3.05, 3.63) is 87.2 Å². The van der Waals surface area contributed by atoms with Gasteiger partial charge in [-0.05, 0) is 47.5 Å². The zero-order chi connectivity index (χ0) is 22.9. The SMILES string of the molecule is COc1ccc(CN2COc3ccc4c(=O)c(-c5ccc(Cl)cc5)coc4c3C2)cc1OC. The first-order valence-corrected chi connectivity index (χ1v) is 10.8. The van der Waals surface area contributed by atoms with Crippen molar-refractivity contribution in [2.24, 2.45) is 0 Å². The molecular formula is C26H22ClNO5. The van der Waals surface area contributed by atoms with Gasteiger partial charge in [-0.15, -0.1) is 0 Å². The van der Waals surface area contributed by atoms with Crippen molar-refractivity contribution in [1.82, 2.24) is 4.90 Å². The highest BCUT2D eigenvalue weighted by Crippen LogP contribution is 2.34. The minimum absolute atomic E-state index is 0.0848. The van der Waals surface area contributed by atoms with Gasteiger partial charge in [0.05, 0.1) is 30.7 Å². The summed E-state index contributed by atoms with van der Waals surface area (Å²) in [6.07, 6.45) is 1.52. The molecule has 5 rings (SSSR count). The Bertz CT molecular complexity index is 1380. The summed E-state index contributed by atoms with van der Waals surface area (Å²) in [5.41, 5.74) is 3.65. The van der Waals surface area contributed by atoms with E-state index in [9.17, 15) is 4.79 Å². The lowest BCUT2D eigenvalue weighted by atomic mass is 10.0. The second kappa shape index (κ2) is 8.81. The monoisotopic (exact) mass is 463 g/mol. The fourth-order valence-corrected chi connectivity index (χ4v) is 4.25. The Hall–Kier alpha value is -3.48. The van der Waals surface area contributed by atoms with Gasteiger partial charge in [0.1, 0.15) is 24.3 Å². The van der Waals surface area contributed by atoms with Crippen LogP contribution in [0.4, 0.5) is 0 Å². The second-order valence-corrected chi connectivity index (χ2v) is 8.29. The number of hydrogen-bond donors (Lipinski definition) is 0. The summed E-state index contributed by atoms with van der Waals surface area (Å²) in [4.78, 5) is 15.4. The fourth-order valence-electron chi connectivity index (χ4n) is 4.12. The molecule has 0 unspecified atom stereocenters. The highest BCUT2D eigenvalue weighted by atomic mass is 35.5. The number of nitrogens with zero attached hydrogens (tertiary/aromatic N) is 1. The molecule has 1 aromatic heterocycles. The average Bonchev–Trinajstić information content (AvgIpc) is 2.84. The van der Waals surface area contributed by atoms with Crippen molar-refractivity contribution < 1.29 is 18.6 Å². The number of benzene rings is 3. The third-order valence-corrected chi connectivity index (χ3v) is 6.05. The first-order chi connectivity index (χ1) is 16.1. The van der Waals surface area contributed by atoms with Crippen molar-refractivity contribution in [2.45, 2.75) is 13.1 Å². The Labute approximate surface area is 195 Å². The molecule has 0 spiro atoms. The van der Waals surface area contributed by atoms with Crippen molar-refractivity contribution in [2.75, 3.05) is 21.0 Å². The van der Waals surface area contributed by atoms with Crippen LogP contribution < -0.4 is 19.6 Å². The van der Waals surface area contributed by atoms with Crippen molar-refractivity contribution >= 4 is 22.6 Å².